The molecule has 1 atom stereocenters. The van der Waals surface area contributed by atoms with Gasteiger partial charge in [-0.25, -0.2) is 4.39 Å². The van der Waals surface area contributed by atoms with Gasteiger partial charge >= 0.3 is 0 Å². The topological polar surface area (TPSA) is 20.3 Å². The first-order chi connectivity index (χ1) is 8.97. The molecule has 0 radical (unpaired) electrons. The lowest BCUT2D eigenvalue weighted by Gasteiger charge is -2.37. The van der Waals surface area contributed by atoms with Crippen molar-refractivity contribution in [2.45, 2.75) is 25.9 Å². The third-order valence-electron chi connectivity index (χ3n) is 3.54. The standard InChI is InChI=1S/C15H19ClFNO/c1-10(2)15(19)14(9-18-7-13(17)8-18)11-3-5-12(16)6-4-11/h3-6,10,13-14H,7-9H2,1-2H3. The van der Waals surface area contributed by atoms with E-state index in [-0.39, 0.29) is 17.6 Å². The minimum absolute atomic E-state index is 0.0249. The first kappa shape index (κ1) is 14.5. The molecule has 0 aromatic heterocycles. The summed E-state index contributed by atoms with van der Waals surface area (Å²) in [4.78, 5) is 14.3. The second-order valence-corrected chi connectivity index (χ2v) is 5.91. The zero-order chi connectivity index (χ0) is 14.0. The number of likely N-dealkylation sites (tertiary alicyclic amines) is 1. The number of hydrogen-bond donors (Lipinski definition) is 0. The Morgan fingerprint density at radius 2 is 1.95 bits per heavy atom. The van der Waals surface area contributed by atoms with Crippen LogP contribution in [0.4, 0.5) is 4.39 Å². The Morgan fingerprint density at radius 1 is 1.37 bits per heavy atom. The van der Waals surface area contributed by atoms with Gasteiger partial charge in [0.05, 0.1) is 5.92 Å². The smallest absolute Gasteiger partial charge is 0.144 e. The molecule has 4 heteroatoms. The molecule has 0 saturated carbocycles. The molecule has 0 amide bonds. The lowest BCUT2D eigenvalue weighted by Crippen LogP contribution is -2.50. The van der Waals surface area contributed by atoms with Gasteiger partial charge in [-0.15, -0.1) is 0 Å². The first-order valence-corrected chi connectivity index (χ1v) is 7.00. The molecule has 2 rings (SSSR count). The van der Waals surface area contributed by atoms with E-state index in [0.717, 1.165) is 5.56 Å². The maximum absolute atomic E-state index is 12.9. The largest absolute Gasteiger partial charge is 0.299 e. The number of halogens is 2. The summed E-state index contributed by atoms with van der Waals surface area (Å²) >= 11 is 5.88. The van der Waals surface area contributed by atoms with Crippen molar-refractivity contribution in [3.05, 3.63) is 34.9 Å². The molecule has 1 fully saturated rings. The highest BCUT2D eigenvalue weighted by atomic mass is 35.5. The summed E-state index contributed by atoms with van der Waals surface area (Å²) in [5.74, 6) is -0.0162. The van der Waals surface area contributed by atoms with E-state index in [9.17, 15) is 9.18 Å². The highest BCUT2D eigenvalue weighted by molar-refractivity contribution is 6.30. The highest BCUT2D eigenvalue weighted by Gasteiger charge is 2.32. The fraction of sp³-hybridized carbons (Fsp3) is 0.533. The van der Waals surface area contributed by atoms with Crippen molar-refractivity contribution < 1.29 is 9.18 Å². The summed E-state index contributed by atoms with van der Waals surface area (Å²) in [5, 5.41) is 0.660. The van der Waals surface area contributed by atoms with E-state index >= 15 is 0 Å². The van der Waals surface area contributed by atoms with E-state index in [1.165, 1.54) is 0 Å². The van der Waals surface area contributed by atoms with E-state index < -0.39 is 6.17 Å². The van der Waals surface area contributed by atoms with Crippen LogP contribution in [0.2, 0.25) is 5.02 Å². The Kier molecular flexibility index (Phi) is 4.58. The van der Waals surface area contributed by atoms with Crippen LogP contribution in [0.1, 0.15) is 25.3 Å². The maximum Gasteiger partial charge on any atom is 0.144 e. The molecule has 1 aromatic rings. The van der Waals surface area contributed by atoms with Crippen molar-refractivity contribution in [1.82, 2.24) is 4.90 Å². The SMILES string of the molecule is CC(C)C(=O)C(CN1CC(F)C1)c1ccc(Cl)cc1. The molecule has 0 N–H and O–H groups in total. The van der Waals surface area contributed by atoms with E-state index in [2.05, 4.69) is 0 Å². The van der Waals surface area contributed by atoms with Crippen LogP contribution >= 0.6 is 11.6 Å². The fourth-order valence-electron chi connectivity index (χ4n) is 2.37. The predicted molar refractivity (Wildman–Crippen MR) is 75.4 cm³/mol. The van der Waals surface area contributed by atoms with Crippen molar-refractivity contribution in [2.24, 2.45) is 5.92 Å². The zero-order valence-corrected chi connectivity index (χ0v) is 12.0. The predicted octanol–water partition coefficient (Wildman–Crippen LogP) is 3.30. The number of hydrogen-bond acceptors (Lipinski definition) is 2. The van der Waals surface area contributed by atoms with Crippen molar-refractivity contribution in [3.63, 3.8) is 0 Å². The van der Waals surface area contributed by atoms with Gasteiger partial charge in [-0.3, -0.25) is 9.69 Å². The molecule has 1 unspecified atom stereocenters. The maximum atomic E-state index is 12.9. The number of nitrogens with zero attached hydrogens (tertiary/aromatic N) is 1. The Morgan fingerprint density at radius 3 is 2.42 bits per heavy atom. The number of ketones is 1. The molecule has 0 spiro atoms. The Labute approximate surface area is 118 Å². The Balaban J connectivity index is 2.13. The average Bonchev–Trinajstić information content (AvgIpc) is 2.33. The van der Waals surface area contributed by atoms with Crippen LogP contribution in [0, 0.1) is 5.92 Å². The molecule has 1 aromatic carbocycles. The molecule has 19 heavy (non-hydrogen) atoms. The number of benzene rings is 1. The lowest BCUT2D eigenvalue weighted by molar-refractivity contribution is -0.124. The van der Waals surface area contributed by atoms with Gasteiger partial charge in [0.2, 0.25) is 0 Å². The molecular formula is C15H19ClFNO. The van der Waals surface area contributed by atoms with Gasteiger partial charge in [-0.1, -0.05) is 37.6 Å². The quantitative estimate of drug-likeness (QED) is 0.826. The van der Waals surface area contributed by atoms with E-state index in [1.807, 2.05) is 30.9 Å². The van der Waals surface area contributed by atoms with Gasteiger partial charge in [0.1, 0.15) is 12.0 Å². The number of Topliss-reactive ketones (excluding diaryl/α,β-unsaturated/α-hetero) is 1. The summed E-state index contributed by atoms with van der Waals surface area (Å²) in [5.41, 5.74) is 0.963. The third-order valence-corrected chi connectivity index (χ3v) is 3.79. The summed E-state index contributed by atoms with van der Waals surface area (Å²) in [6, 6.07) is 7.37. The van der Waals surface area contributed by atoms with Gasteiger partial charge in [0.25, 0.3) is 0 Å². The second kappa shape index (κ2) is 6.02. The molecule has 1 heterocycles. The minimum Gasteiger partial charge on any atom is -0.299 e. The summed E-state index contributed by atoms with van der Waals surface area (Å²) in [7, 11) is 0. The average molecular weight is 284 g/mol. The van der Waals surface area contributed by atoms with Crippen molar-refractivity contribution >= 4 is 17.4 Å². The molecule has 104 valence electrons. The van der Waals surface area contributed by atoms with Crippen LogP contribution in [0.3, 0.4) is 0 Å². The second-order valence-electron chi connectivity index (χ2n) is 5.48. The normalized spacial score (nSPS) is 18.4. The number of rotatable bonds is 5. The molecule has 0 bridgehead atoms. The summed E-state index contributed by atoms with van der Waals surface area (Å²) in [6.45, 7) is 5.28. The number of carbonyl (C=O) groups excluding carboxylic acids is 1. The van der Waals surface area contributed by atoms with Crippen molar-refractivity contribution in [3.8, 4) is 0 Å². The van der Waals surface area contributed by atoms with Crippen molar-refractivity contribution in [1.29, 1.82) is 0 Å². The molecule has 2 nitrogen and oxygen atoms in total. The van der Waals surface area contributed by atoms with Gasteiger partial charge in [-0.2, -0.15) is 0 Å². The zero-order valence-electron chi connectivity index (χ0n) is 11.3. The third kappa shape index (κ3) is 3.54. The monoisotopic (exact) mass is 283 g/mol. The summed E-state index contributed by atoms with van der Waals surface area (Å²) in [6.07, 6.45) is -0.736. The van der Waals surface area contributed by atoms with E-state index in [0.29, 0.717) is 24.7 Å². The van der Waals surface area contributed by atoms with E-state index in [1.54, 1.807) is 12.1 Å². The van der Waals surface area contributed by atoms with E-state index in [4.69, 9.17) is 11.6 Å². The Bertz CT molecular complexity index is 440. The van der Waals surface area contributed by atoms with Gasteiger partial charge in [0.15, 0.2) is 0 Å². The van der Waals surface area contributed by atoms with Crippen LogP contribution in [0.15, 0.2) is 24.3 Å². The van der Waals surface area contributed by atoms with Crippen LogP contribution in [-0.2, 0) is 4.79 Å². The van der Waals surface area contributed by atoms with Crippen LogP contribution in [0.25, 0.3) is 0 Å². The fourth-order valence-corrected chi connectivity index (χ4v) is 2.50. The van der Waals surface area contributed by atoms with Gasteiger partial charge in [0, 0.05) is 30.6 Å². The minimum atomic E-state index is -0.736. The van der Waals surface area contributed by atoms with Crippen molar-refractivity contribution in [2.75, 3.05) is 19.6 Å². The molecular weight excluding hydrogens is 265 g/mol. The first-order valence-electron chi connectivity index (χ1n) is 6.63. The van der Waals surface area contributed by atoms with Crippen LogP contribution in [0.5, 0.6) is 0 Å². The lowest BCUT2D eigenvalue weighted by atomic mass is 9.87. The molecule has 1 aliphatic rings. The summed E-state index contributed by atoms with van der Waals surface area (Å²) < 4.78 is 12.9. The molecule has 1 saturated heterocycles. The van der Waals surface area contributed by atoms with Gasteiger partial charge in [-0.05, 0) is 17.7 Å². The number of carbonyl (C=O) groups is 1. The Hall–Kier alpha value is -0.930. The highest BCUT2D eigenvalue weighted by Crippen LogP contribution is 2.25. The van der Waals surface area contributed by atoms with Gasteiger partial charge < -0.3 is 0 Å². The molecule has 0 aliphatic carbocycles. The molecule has 1 aliphatic heterocycles. The number of alkyl halides is 1. The van der Waals surface area contributed by atoms with Crippen LogP contribution in [-0.4, -0.2) is 36.5 Å². The van der Waals surface area contributed by atoms with Crippen LogP contribution < -0.4 is 0 Å².